The standard InChI is InChI=1S/C24H20N4O4S2/c1-13-7-8-18(9-14(13)2)27-21(29)19(15(3)26-27)12-25-28-22(30)20(34-24(28)33)11-16-5-4-6-17(10-16)23(31)32/h4-12,29H,1-3H3,(H,31,32)/b20-11+,25-12+. The quantitative estimate of drug-likeness (QED) is 0.308. The molecule has 8 nitrogen and oxygen atoms in total. The Hall–Kier alpha value is -3.76. The highest BCUT2D eigenvalue weighted by Crippen LogP contribution is 2.33. The van der Waals surface area contributed by atoms with E-state index in [1.54, 1.807) is 25.1 Å². The van der Waals surface area contributed by atoms with Crippen LogP contribution in [0.3, 0.4) is 0 Å². The minimum Gasteiger partial charge on any atom is -0.493 e. The Kier molecular flexibility index (Phi) is 6.36. The number of carboxylic acid groups (broad SMARTS) is 1. The number of aryl methyl sites for hydroxylation is 3. The van der Waals surface area contributed by atoms with Gasteiger partial charge in [-0.2, -0.15) is 15.2 Å². The van der Waals surface area contributed by atoms with Crippen LogP contribution in [0, 0.1) is 20.8 Å². The SMILES string of the molecule is Cc1ccc(-n2nc(C)c(/C=N/N3C(=O)/C(=C\c4cccc(C(=O)O)c4)SC3=S)c2O)cc1C. The number of hydrogen-bond acceptors (Lipinski definition) is 7. The van der Waals surface area contributed by atoms with Gasteiger partial charge in [0.2, 0.25) is 5.88 Å². The summed E-state index contributed by atoms with van der Waals surface area (Å²) in [5.74, 6) is -1.59. The number of rotatable bonds is 5. The molecule has 1 amide bonds. The van der Waals surface area contributed by atoms with Crippen molar-refractivity contribution < 1.29 is 19.8 Å². The second-order valence-corrected chi connectivity index (χ2v) is 9.35. The molecule has 34 heavy (non-hydrogen) atoms. The lowest BCUT2D eigenvalue weighted by Gasteiger charge is -2.07. The van der Waals surface area contributed by atoms with Crippen molar-refractivity contribution in [3.63, 3.8) is 0 Å². The predicted octanol–water partition coefficient (Wildman–Crippen LogP) is 4.44. The van der Waals surface area contributed by atoms with Gasteiger partial charge in [-0.25, -0.2) is 9.48 Å². The molecule has 1 saturated heterocycles. The van der Waals surface area contributed by atoms with Crippen LogP contribution in [0.2, 0.25) is 0 Å². The summed E-state index contributed by atoms with van der Waals surface area (Å²) in [6.07, 6.45) is 2.93. The van der Waals surface area contributed by atoms with E-state index in [0.29, 0.717) is 27.4 Å². The summed E-state index contributed by atoms with van der Waals surface area (Å²) in [7, 11) is 0. The molecule has 0 atom stereocenters. The first kappa shape index (κ1) is 23.4. The zero-order valence-corrected chi connectivity index (χ0v) is 20.1. The van der Waals surface area contributed by atoms with E-state index >= 15 is 0 Å². The van der Waals surface area contributed by atoms with Crippen LogP contribution in [0.5, 0.6) is 5.88 Å². The number of amides is 1. The molecule has 2 heterocycles. The van der Waals surface area contributed by atoms with E-state index in [9.17, 15) is 14.7 Å². The molecule has 1 aromatic heterocycles. The number of aromatic nitrogens is 2. The van der Waals surface area contributed by atoms with Crippen LogP contribution >= 0.6 is 24.0 Å². The predicted molar refractivity (Wildman–Crippen MR) is 135 cm³/mol. The third kappa shape index (κ3) is 4.50. The molecule has 0 unspecified atom stereocenters. The van der Waals surface area contributed by atoms with Crippen molar-refractivity contribution >= 4 is 52.5 Å². The fourth-order valence-corrected chi connectivity index (χ4v) is 4.48. The van der Waals surface area contributed by atoms with E-state index in [0.717, 1.165) is 27.9 Å². The number of thioether (sulfide) groups is 1. The number of carbonyl (C=O) groups is 2. The van der Waals surface area contributed by atoms with E-state index in [2.05, 4.69) is 10.2 Å². The van der Waals surface area contributed by atoms with Crippen LogP contribution in [0.1, 0.15) is 38.3 Å². The van der Waals surface area contributed by atoms with E-state index in [1.165, 1.54) is 23.0 Å². The van der Waals surface area contributed by atoms with Gasteiger partial charge in [0.25, 0.3) is 5.91 Å². The number of benzene rings is 2. The van der Waals surface area contributed by atoms with Gasteiger partial charge in [-0.1, -0.05) is 30.0 Å². The van der Waals surface area contributed by atoms with Crippen molar-refractivity contribution in [2.24, 2.45) is 5.10 Å². The molecule has 1 aliphatic heterocycles. The van der Waals surface area contributed by atoms with Gasteiger partial charge >= 0.3 is 5.97 Å². The minimum atomic E-state index is -1.05. The fraction of sp³-hybridized carbons (Fsp3) is 0.125. The Bertz CT molecular complexity index is 1410. The van der Waals surface area contributed by atoms with Crippen molar-refractivity contribution in [1.82, 2.24) is 14.8 Å². The molecular formula is C24H20N4O4S2. The lowest BCUT2D eigenvalue weighted by molar-refractivity contribution is -0.122. The largest absolute Gasteiger partial charge is 0.493 e. The number of hydrazone groups is 1. The molecule has 0 bridgehead atoms. The fourth-order valence-electron chi connectivity index (χ4n) is 3.30. The van der Waals surface area contributed by atoms with Crippen molar-refractivity contribution in [3.8, 4) is 11.6 Å². The molecule has 3 aromatic rings. The maximum absolute atomic E-state index is 12.9. The summed E-state index contributed by atoms with van der Waals surface area (Å²) in [5, 5.41) is 29.6. The molecule has 0 radical (unpaired) electrons. The Balaban J connectivity index is 1.60. The summed E-state index contributed by atoms with van der Waals surface area (Å²) in [6, 6.07) is 12.0. The van der Waals surface area contributed by atoms with Crippen LogP contribution in [-0.4, -0.2) is 47.4 Å². The van der Waals surface area contributed by atoms with Gasteiger partial charge in [0.1, 0.15) is 0 Å². The second kappa shape index (κ2) is 9.24. The Morgan fingerprint density at radius 3 is 2.62 bits per heavy atom. The first-order valence-corrected chi connectivity index (χ1v) is 11.4. The van der Waals surface area contributed by atoms with Gasteiger partial charge in [0, 0.05) is 0 Å². The molecule has 172 valence electrons. The average molecular weight is 493 g/mol. The van der Waals surface area contributed by atoms with E-state index in [1.807, 2.05) is 32.0 Å². The van der Waals surface area contributed by atoms with Crippen LogP contribution in [-0.2, 0) is 4.79 Å². The Morgan fingerprint density at radius 2 is 1.91 bits per heavy atom. The van der Waals surface area contributed by atoms with Crippen molar-refractivity contribution in [3.05, 3.63) is 80.9 Å². The van der Waals surface area contributed by atoms with Gasteiger partial charge < -0.3 is 10.2 Å². The third-order valence-corrected chi connectivity index (χ3v) is 6.61. The highest BCUT2D eigenvalue weighted by Gasteiger charge is 2.32. The monoisotopic (exact) mass is 492 g/mol. The number of aromatic carboxylic acids is 1. The van der Waals surface area contributed by atoms with Crippen LogP contribution in [0.15, 0.2) is 52.5 Å². The van der Waals surface area contributed by atoms with Crippen molar-refractivity contribution in [2.45, 2.75) is 20.8 Å². The van der Waals surface area contributed by atoms with Crippen molar-refractivity contribution in [1.29, 1.82) is 0 Å². The molecule has 1 fully saturated rings. The summed E-state index contributed by atoms with van der Waals surface area (Å²) in [5.41, 5.74) is 4.49. The van der Waals surface area contributed by atoms with E-state index < -0.39 is 11.9 Å². The lowest BCUT2D eigenvalue weighted by Crippen LogP contribution is -2.22. The first-order chi connectivity index (χ1) is 16.2. The van der Waals surface area contributed by atoms with E-state index in [-0.39, 0.29) is 15.8 Å². The number of carboxylic acids is 1. The smallest absolute Gasteiger partial charge is 0.335 e. The summed E-state index contributed by atoms with van der Waals surface area (Å²) < 4.78 is 1.64. The van der Waals surface area contributed by atoms with Gasteiger partial charge in [-0.05, 0) is 80.0 Å². The van der Waals surface area contributed by atoms with Crippen molar-refractivity contribution in [2.75, 3.05) is 0 Å². The first-order valence-electron chi connectivity index (χ1n) is 10.2. The minimum absolute atomic E-state index is 0.101. The van der Waals surface area contributed by atoms with Gasteiger partial charge in [-0.15, -0.1) is 0 Å². The normalized spacial score (nSPS) is 15.1. The highest BCUT2D eigenvalue weighted by molar-refractivity contribution is 8.26. The maximum atomic E-state index is 12.9. The van der Waals surface area contributed by atoms with Gasteiger partial charge in [-0.3, -0.25) is 4.79 Å². The number of thiocarbonyl (C=S) groups is 1. The molecule has 1 aliphatic rings. The molecule has 0 spiro atoms. The average Bonchev–Trinajstić information content (AvgIpc) is 3.23. The topological polar surface area (TPSA) is 108 Å². The Morgan fingerprint density at radius 1 is 1.15 bits per heavy atom. The molecule has 4 rings (SSSR count). The maximum Gasteiger partial charge on any atom is 0.335 e. The molecule has 0 aliphatic carbocycles. The zero-order valence-electron chi connectivity index (χ0n) is 18.5. The summed E-state index contributed by atoms with van der Waals surface area (Å²) in [4.78, 5) is 24.4. The summed E-state index contributed by atoms with van der Waals surface area (Å²) >= 11 is 6.37. The van der Waals surface area contributed by atoms with E-state index in [4.69, 9.17) is 17.3 Å². The van der Waals surface area contributed by atoms with Gasteiger partial charge in [0.15, 0.2) is 4.32 Å². The van der Waals surface area contributed by atoms with Crippen LogP contribution < -0.4 is 0 Å². The summed E-state index contributed by atoms with van der Waals surface area (Å²) in [6.45, 7) is 5.72. The number of hydrogen-bond donors (Lipinski definition) is 2. The molecule has 10 heteroatoms. The third-order valence-electron chi connectivity index (χ3n) is 5.32. The number of carbonyl (C=O) groups excluding carboxylic acids is 1. The number of aromatic hydroxyl groups is 1. The zero-order chi connectivity index (χ0) is 24.6. The molecular weight excluding hydrogens is 472 g/mol. The number of nitrogens with zero attached hydrogens (tertiary/aromatic N) is 4. The van der Waals surface area contributed by atoms with Crippen LogP contribution in [0.4, 0.5) is 0 Å². The molecule has 2 N–H and O–H groups in total. The van der Waals surface area contributed by atoms with Crippen LogP contribution in [0.25, 0.3) is 11.8 Å². The molecule has 0 saturated carbocycles. The Labute approximate surface area is 205 Å². The lowest BCUT2D eigenvalue weighted by atomic mass is 10.1. The second-order valence-electron chi connectivity index (χ2n) is 7.67. The molecule has 2 aromatic carbocycles. The highest BCUT2D eigenvalue weighted by atomic mass is 32.2. The van der Waals surface area contributed by atoms with Gasteiger partial charge in [0.05, 0.1) is 33.6 Å².